The lowest BCUT2D eigenvalue weighted by molar-refractivity contribution is 0.0575. The van der Waals surface area contributed by atoms with Gasteiger partial charge in [-0.25, -0.2) is 8.78 Å². The van der Waals surface area contributed by atoms with E-state index in [-0.39, 0.29) is 6.42 Å². The van der Waals surface area contributed by atoms with Gasteiger partial charge in [-0.2, -0.15) is 0 Å². The van der Waals surface area contributed by atoms with Crippen LogP contribution in [0.2, 0.25) is 0 Å². The molecule has 1 atom stereocenters. The van der Waals surface area contributed by atoms with Gasteiger partial charge in [0.2, 0.25) is 0 Å². The monoisotopic (exact) mass is 374 g/mol. The Morgan fingerprint density at radius 1 is 1.05 bits per heavy atom. The van der Waals surface area contributed by atoms with Gasteiger partial charge in [-0.15, -0.1) is 0 Å². The van der Waals surface area contributed by atoms with Crippen molar-refractivity contribution in [1.82, 2.24) is 0 Å². The molecule has 1 N–H and O–H groups in total. The van der Waals surface area contributed by atoms with Crippen molar-refractivity contribution < 1.29 is 13.9 Å². The fourth-order valence-corrected chi connectivity index (χ4v) is 2.32. The Kier molecular flexibility index (Phi) is 4.20. The van der Waals surface area contributed by atoms with Crippen LogP contribution in [0.5, 0.6) is 0 Å². The summed E-state index contributed by atoms with van der Waals surface area (Å²) in [6.07, 6.45) is 0.227. The van der Waals surface area contributed by atoms with Gasteiger partial charge >= 0.3 is 0 Å². The summed E-state index contributed by atoms with van der Waals surface area (Å²) in [7, 11) is 0. The van der Waals surface area contributed by atoms with E-state index in [9.17, 15) is 13.9 Å². The van der Waals surface area contributed by atoms with Crippen LogP contribution in [-0.2, 0) is 12.0 Å². The van der Waals surface area contributed by atoms with E-state index in [0.717, 1.165) is 21.3 Å². The van der Waals surface area contributed by atoms with E-state index in [0.29, 0.717) is 5.56 Å². The first kappa shape index (κ1) is 14.4. The average Bonchev–Trinajstić information content (AvgIpc) is 2.34. The lowest BCUT2D eigenvalue weighted by Crippen LogP contribution is -2.24. The summed E-state index contributed by atoms with van der Waals surface area (Å²) in [4.78, 5) is 0. The Labute approximate surface area is 124 Å². The number of aliphatic hydroxyl groups is 1. The van der Waals surface area contributed by atoms with Gasteiger partial charge in [0, 0.05) is 9.99 Å². The van der Waals surface area contributed by atoms with Gasteiger partial charge in [0.15, 0.2) is 11.6 Å². The average molecular weight is 374 g/mol. The normalized spacial score (nSPS) is 14.2. The van der Waals surface area contributed by atoms with Crippen LogP contribution in [0.25, 0.3) is 0 Å². The minimum atomic E-state index is -1.12. The van der Waals surface area contributed by atoms with Gasteiger partial charge in [-0.3, -0.25) is 0 Å². The first-order valence-corrected chi connectivity index (χ1v) is 6.89. The summed E-state index contributed by atoms with van der Waals surface area (Å²) in [6.45, 7) is 1.66. The molecule has 0 saturated carbocycles. The van der Waals surface area contributed by atoms with Crippen LogP contribution in [0.3, 0.4) is 0 Å². The van der Waals surface area contributed by atoms with E-state index >= 15 is 0 Å². The molecular weight excluding hydrogens is 361 g/mol. The van der Waals surface area contributed by atoms with E-state index in [1.54, 1.807) is 6.92 Å². The Bertz CT molecular complexity index is 579. The van der Waals surface area contributed by atoms with Crippen LogP contribution >= 0.6 is 22.6 Å². The van der Waals surface area contributed by atoms with Crippen LogP contribution in [0.15, 0.2) is 42.5 Å². The molecule has 0 amide bonds. The van der Waals surface area contributed by atoms with Crippen LogP contribution in [0.1, 0.15) is 18.1 Å². The molecule has 0 aliphatic rings. The first-order valence-electron chi connectivity index (χ1n) is 5.81. The zero-order valence-electron chi connectivity index (χ0n) is 10.3. The van der Waals surface area contributed by atoms with Gasteiger partial charge in [0.1, 0.15) is 0 Å². The largest absolute Gasteiger partial charge is 0.385 e. The second kappa shape index (κ2) is 5.54. The van der Waals surface area contributed by atoms with Crippen molar-refractivity contribution in [2.24, 2.45) is 0 Å². The Morgan fingerprint density at radius 3 is 2.26 bits per heavy atom. The fraction of sp³-hybridized carbons (Fsp3) is 0.200. The smallest absolute Gasteiger partial charge is 0.159 e. The SMILES string of the molecule is CC(O)(Cc1ccc(F)c(F)c1)c1ccc(I)cc1. The first-order chi connectivity index (χ1) is 8.88. The number of halogens is 3. The summed E-state index contributed by atoms with van der Waals surface area (Å²) in [5, 5.41) is 10.5. The highest BCUT2D eigenvalue weighted by atomic mass is 127. The topological polar surface area (TPSA) is 20.2 Å². The van der Waals surface area contributed by atoms with E-state index < -0.39 is 17.2 Å². The highest BCUT2D eigenvalue weighted by Crippen LogP contribution is 2.26. The van der Waals surface area contributed by atoms with Crippen molar-refractivity contribution in [3.8, 4) is 0 Å². The molecule has 0 aliphatic carbocycles. The highest BCUT2D eigenvalue weighted by Gasteiger charge is 2.23. The van der Waals surface area contributed by atoms with E-state index in [1.165, 1.54) is 6.07 Å². The van der Waals surface area contributed by atoms with Crippen LogP contribution in [-0.4, -0.2) is 5.11 Å². The third kappa shape index (κ3) is 3.51. The molecule has 2 aromatic carbocycles. The summed E-state index contributed by atoms with van der Waals surface area (Å²) in [5.41, 5.74) is 0.189. The summed E-state index contributed by atoms with van der Waals surface area (Å²) < 4.78 is 27.1. The molecule has 0 radical (unpaired) electrons. The van der Waals surface area contributed by atoms with E-state index in [4.69, 9.17) is 0 Å². The predicted molar refractivity (Wildman–Crippen MR) is 78.8 cm³/mol. The summed E-state index contributed by atoms with van der Waals surface area (Å²) in [5.74, 6) is -1.77. The second-order valence-electron chi connectivity index (χ2n) is 4.71. The summed E-state index contributed by atoms with van der Waals surface area (Å²) >= 11 is 2.18. The van der Waals surface area contributed by atoms with Gasteiger partial charge in [0.25, 0.3) is 0 Å². The van der Waals surface area contributed by atoms with Gasteiger partial charge in [0.05, 0.1) is 5.60 Å². The maximum Gasteiger partial charge on any atom is 0.159 e. The molecular formula is C15H13F2IO. The molecule has 2 rings (SSSR count). The molecule has 0 saturated heterocycles. The molecule has 4 heteroatoms. The Balaban J connectivity index is 2.25. The van der Waals surface area contributed by atoms with Gasteiger partial charge in [-0.05, 0) is 64.9 Å². The molecule has 1 nitrogen and oxygen atoms in total. The quantitative estimate of drug-likeness (QED) is 0.805. The van der Waals surface area contributed by atoms with E-state index in [1.807, 2.05) is 24.3 Å². The summed E-state index contributed by atoms with van der Waals surface area (Å²) in [6, 6.07) is 11.2. The highest BCUT2D eigenvalue weighted by molar-refractivity contribution is 14.1. The van der Waals surface area contributed by atoms with Crippen LogP contribution < -0.4 is 0 Å². The number of benzene rings is 2. The zero-order valence-corrected chi connectivity index (χ0v) is 12.5. The number of hydrogen-bond donors (Lipinski definition) is 1. The van der Waals surface area contributed by atoms with Crippen molar-refractivity contribution in [3.05, 3.63) is 68.8 Å². The molecule has 0 fully saturated rings. The van der Waals surface area contributed by atoms with Crippen LogP contribution in [0.4, 0.5) is 8.78 Å². The Morgan fingerprint density at radius 2 is 1.68 bits per heavy atom. The molecule has 1 unspecified atom stereocenters. The molecule has 0 aliphatic heterocycles. The van der Waals surface area contributed by atoms with Gasteiger partial charge in [-0.1, -0.05) is 18.2 Å². The molecule has 100 valence electrons. The number of rotatable bonds is 3. The van der Waals surface area contributed by atoms with Crippen molar-refractivity contribution in [2.75, 3.05) is 0 Å². The van der Waals surface area contributed by atoms with E-state index in [2.05, 4.69) is 22.6 Å². The third-order valence-electron chi connectivity index (χ3n) is 3.00. The van der Waals surface area contributed by atoms with Crippen LogP contribution in [0, 0.1) is 15.2 Å². The third-order valence-corrected chi connectivity index (χ3v) is 3.72. The van der Waals surface area contributed by atoms with Crippen molar-refractivity contribution in [2.45, 2.75) is 18.9 Å². The molecule has 19 heavy (non-hydrogen) atoms. The maximum absolute atomic E-state index is 13.2. The lowest BCUT2D eigenvalue weighted by atomic mass is 9.89. The molecule has 0 spiro atoms. The molecule has 0 bridgehead atoms. The number of hydrogen-bond acceptors (Lipinski definition) is 1. The standard InChI is InChI=1S/C15H13F2IO/c1-15(19,11-3-5-12(18)6-4-11)9-10-2-7-13(16)14(17)8-10/h2-8,19H,9H2,1H3. The second-order valence-corrected chi connectivity index (χ2v) is 5.95. The zero-order chi connectivity index (χ0) is 14.0. The Hall–Kier alpha value is -1.01. The molecule has 0 heterocycles. The minimum absolute atomic E-state index is 0.227. The minimum Gasteiger partial charge on any atom is -0.385 e. The van der Waals surface area contributed by atoms with Crippen molar-refractivity contribution in [1.29, 1.82) is 0 Å². The molecule has 2 aromatic rings. The maximum atomic E-state index is 13.2. The predicted octanol–water partition coefficient (Wildman–Crippen LogP) is 4.02. The fourth-order valence-electron chi connectivity index (χ4n) is 1.96. The van der Waals surface area contributed by atoms with Gasteiger partial charge < -0.3 is 5.11 Å². The molecule has 0 aromatic heterocycles. The lowest BCUT2D eigenvalue weighted by Gasteiger charge is -2.24. The van der Waals surface area contributed by atoms with Crippen molar-refractivity contribution in [3.63, 3.8) is 0 Å². The van der Waals surface area contributed by atoms with Crippen molar-refractivity contribution >= 4 is 22.6 Å².